The van der Waals surface area contributed by atoms with Crippen LogP contribution in [-0.2, 0) is 25.9 Å². The molecule has 0 bridgehead atoms. The zero-order chi connectivity index (χ0) is 30.5. The van der Waals surface area contributed by atoms with Crippen LogP contribution in [0, 0.1) is 11.8 Å². The molecule has 9 nitrogen and oxygen atoms in total. The number of methoxy groups -OCH3 is 2. The van der Waals surface area contributed by atoms with E-state index >= 15 is 0 Å². The number of nitrogens with one attached hydrogen (secondary N) is 2. The number of ether oxygens (including phenoxy) is 2. The van der Waals surface area contributed by atoms with Gasteiger partial charge in [-0.1, -0.05) is 12.0 Å². The Kier molecular flexibility index (Phi) is 9.58. The number of piperidine rings is 1. The highest BCUT2D eigenvalue weighted by molar-refractivity contribution is 7.90. The average Bonchev–Trinajstić information content (AvgIpc) is 3.28. The molecule has 0 atom stereocenters. The van der Waals surface area contributed by atoms with Gasteiger partial charge in [-0.05, 0) is 49.1 Å². The maximum absolute atomic E-state index is 13.6. The van der Waals surface area contributed by atoms with Gasteiger partial charge in [-0.15, -0.1) is 0 Å². The van der Waals surface area contributed by atoms with Gasteiger partial charge in [0.15, 0.2) is 9.84 Å². The summed E-state index contributed by atoms with van der Waals surface area (Å²) in [5, 5.41) is 7.14. The molecule has 0 spiro atoms. The van der Waals surface area contributed by atoms with Crippen LogP contribution in [0.15, 0.2) is 47.4 Å². The molecule has 1 fully saturated rings. The number of halogens is 3. The molecular formula is C29H33F3N4O5S. The maximum Gasteiger partial charge on any atom is 0.406 e. The van der Waals surface area contributed by atoms with Gasteiger partial charge in [0.2, 0.25) is 0 Å². The second-order valence-electron chi connectivity index (χ2n) is 10.0. The van der Waals surface area contributed by atoms with E-state index in [0.717, 1.165) is 29.4 Å². The Bertz CT molecular complexity index is 1600. The fourth-order valence-electron chi connectivity index (χ4n) is 4.89. The molecule has 1 aliphatic rings. The van der Waals surface area contributed by atoms with Gasteiger partial charge in [0.1, 0.15) is 12.3 Å². The third-order valence-corrected chi connectivity index (χ3v) is 8.11. The number of carbonyl (C=O) groups excluding carboxylic acids is 1. The van der Waals surface area contributed by atoms with Gasteiger partial charge in [0.05, 0.1) is 49.1 Å². The number of alkyl halides is 3. The summed E-state index contributed by atoms with van der Waals surface area (Å²) in [6, 6.07) is 11.3. The molecule has 226 valence electrons. The predicted molar refractivity (Wildman–Crippen MR) is 155 cm³/mol. The molecule has 1 aromatic heterocycles. The van der Waals surface area contributed by atoms with Crippen LogP contribution in [0.5, 0.6) is 5.75 Å². The molecule has 0 aliphatic carbocycles. The number of rotatable bonds is 9. The molecule has 42 heavy (non-hydrogen) atoms. The number of aromatic nitrogens is 1. The van der Waals surface area contributed by atoms with Crippen LogP contribution in [0.3, 0.4) is 0 Å². The Morgan fingerprint density at radius 1 is 1.10 bits per heavy atom. The van der Waals surface area contributed by atoms with Crippen LogP contribution in [0.25, 0.3) is 10.9 Å². The van der Waals surface area contributed by atoms with Crippen molar-refractivity contribution < 1.29 is 35.9 Å². The largest absolute Gasteiger partial charge is 0.495 e. The summed E-state index contributed by atoms with van der Waals surface area (Å²) in [5.74, 6) is 5.75. The number of esters is 1. The van der Waals surface area contributed by atoms with E-state index in [1.165, 1.54) is 26.4 Å². The molecule has 1 aliphatic heterocycles. The molecule has 2 N–H and O–H groups in total. The number of sulfone groups is 1. The van der Waals surface area contributed by atoms with Gasteiger partial charge in [-0.25, -0.2) is 8.42 Å². The fraction of sp³-hybridized carbons (Fsp3) is 0.414. The van der Waals surface area contributed by atoms with E-state index in [-0.39, 0.29) is 35.7 Å². The topological polar surface area (TPSA) is 102 Å². The third-order valence-electron chi connectivity index (χ3n) is 7.00. The van der Waals surface area contributed by atoms with Crippen molar-refractivity contribution in [3.63, 3.8) is 0 Å². The average molecular weight is 607 g/mol. The molecule has 0 saturated carbocycles. The van der Waals surface area contributed by atoms with Crippen LogP contribution in [0.2, 0.25) is 0 Å². The zero-order valence-corrected chi connectivity index (χ0v) is 24.4. The number of nitrogens with zero attached hydrogens (tertiary/aromatic N) is 2. The molecule has 13 heteroatoms. The van der Waals surface area contributed by atoms with Gasteiger partial charge in [-0.3, -0.25) is 9.69 Å². The fourth-order valence-corrected chi connectivity index (χ4v) is 5.52. The first-order chi connectivity index (χ1) is 19.9. The normalized spacial score (nSPS) is 14.7. The number of benzene rings is 2. The van der Waals surface area contributed by atoms with E-state index in [2.05, 4.69) is 22.5 Å². The second-order valence-corrected chi connectivity index (χ2v) is 12.0. The number of hydrogen-bond donors (Lipinski definition) is 2. The summed E-state index contributed by atoms with van der Waals surface area (Å²) in [6.07, 6.45) is -1.82. The molecule has 2 heterocycles. The zero-order valence-electron chi connectivity index (χ0n) is 23.5. The molecule has 1 saturated heterocycles. The van der Waals surface area contributed by atoms with Crippen molar-refractivity contribution in [3.05, 3.63) is 48.2 Å². The van der Waals surface area contributed by atoms with Gasteiger partial charge < -0.3 is 24.7 Å². The van der Waals surface area contributed by atoms with Gasteiger partial charge in [0, 0.05) is 42.5 Å². The number of fused-ring (bicyclic) bond motifs is 1. The summed E-state index contributed by atoms with van der Waals surface area (Å²) < 4.78 is 75.5. The van der Waals surface area contributed by atoms with E-state index in [9.17, 15) is 26.4 Å². The van der Waals surface area contributed by atoms with Gasteiger partial charge in [-0.2, -0.15) is 13.2 Å². The lowest BCUT2D eigenvalue weighted by Gasteiger charge is -2.32. The standard InChI is InChI=1S/C29H33F3N4O5S/c1-40-27-17-22(42(3,38)39)9-10-25(27)33-13-5-6-21-16-23-24(7-4-8-26(23)36(21)19-29(30,31)32)34-20-11-14-35(15-12-20)18-28(37)41-2/h4,7-10,16-17,20,33-34H,11-15,18-19H2,1-3H3. The summed E-state index contributed by atoms with van der Waals surface area (Å²) in [4.78, 5) is 13.7. The molecule has 2 aromatic carbocycles. The Morgan fingerprint density at radius 3 is 2.48 bits per heavy atom. The first-order valence-electron chi connectivity index (χ1n) is 13.2. The van der Waals surface area contributed by atoms with Crippen molar-refractivity contribution in [2.75, 3.05) is 57.3 Å². The second kappa shape index (κ2) is 13.0. The van der Waals surface area contributed by atoms with Crippen molar-refractivity contribution in [1.82, 2.24) is 9.47 Å². The van der Waals surface area contributed by atoms with Crippen molar-refractivity contribution in [3.8, 4) is 17.6 Å². The smallest absolute Gasteiger partial charge is 0.406 e. The van der Waals surface area contributed by atoms with Gasteiger partial charge in [0.25, 0.3) is 0 Å². The first kappa shape index (κ1) is 31.1. The first-order valence-corrected chi connectivity index (χ1v) is 15.1. The van der Waals surface area contributed by atoms with E-state index < -0.39 is 22.6 Å². The van der Waals surface area contributed by atoms with Crippen LogP contribution < -0.4 is 15.4 Å². The molecule has 0 amide bonds. The quantitative estimate of drug-likeness (QED) is 0.277. The van der Waals surface area contributed by atoms with Crippen LogP contribution >= 0.6 is 0 Å². The SMILES string of the molecule is COC(=O)CN1CCC(Nc2cccc3c2cc(C#CCNc2ccc(S(C)(=O)=O)cc2OC)n3CC(F)(F)F)CC1. The molecule has 0 radical (unpaired) electrons. The Labute approximate surface area is 242 Å². The van der Waals surface area contributed by atoms with Crippen molar-refractivity contribution in [2.45, 2.75) is 36.5 Å². The van der Waals surface area contributed by atoms with Crippen molar-refractivity contribution >= 4 is 38.1 Å². The van der Waals surface area contributed by atoms with Crippen molar-refractivity contribution in [2.24, 2.45) is 0 Å². The Balaban J connectivity index is 1.54. The molecular weight excluding hydrogens is 573 g/mol. The number of likely N-dealkylation sites (tertiary alicyclic amines) is 1. The minimum Gasteiger partial charge on any atom is -0.495 e. The molecule has 4 rings (SSSR count). The molecule has 3 aromatic rings. The Hall–Kier alpha value is -3.89. The van der Waals surface area contributed by atoms with E-state index in [0.29, 0.717) is 35.4 Å². The highest BCUT2D eigenvalue weighted by Gasteiger charge is 2.30. The maximum atomic E-state index is 13.6. The van der Waals surface area contributed by atoms with Crippen molar-refractivity contribution in [1.29, 1.82) is 0 Å². The highest BCUT2D eigenvalue weighted by atomic mass is 32.2. The summed E-state index contributed by atoms with van der Waals surface area (Å²) >= 11 is 0. The lowest BCUT2D eigenvalue weighted by atomic mass is 10.0. The predicted octanol–water partition coefficient (Wildman–Crippen LogP) is 4.13. The lowest BCUT2D eigenvalue weighted by Crippen LogP contribution is -2.41. The highest BCUT2D eigenvalue weighted by Crippen LogP contribution is 2.31. The van der Waals surface area contributed by atoms with E-state index in [1.807, 2.05) is 11.0 Å². The number of anilines is 2. The number of hydrogen-bond acceptors (Lipinski definition) is 8. The van der Waals surface area contributed by atoms with Gasteiger partial charge >= 0.3 is 12.1 Å². The minimum absolute atomic E-state index is 0.0807. The van der Waals surface area contributed by atoms with Crippen LogP contribution in [-0.4, -0.2) is 82.7 Å². The van der Waals surface area contributed by atoms with E-state index in [4.69, 9.17) is 9.47 Å². The Morgan fingerprint density at radius 2 is 1.83 bits per heavy atom. The monoisotopic (exact) mass is 606 g/mol. The summed E-state index contributed by atoms with van der Waals surface area (Å²) in [6.45, 7) is 0.517. The number of carbonyl (C=O) groups is 1. The van der Waals surface area contributed by atoms with Crippen LogP contribution in [0.4, 0.5) is 24.5 Å². The summed E-state index contributed by atoms with van der Waals surface area (Å²) in [7, 11) is -0.657. The lowest BCUT2D eigenvalue weighted by molar-refractivity contribution is -0.142. The third kappa shape index (κ3) is 7.89. The van der Waals surface area contributed by atoms with Crippen LogP contribution in [0.1, 0.15) is 18.5 Å². The summed E-state index contributed by atoms with van der Waals surface area (Å²) in [5.41, 5.74) is 1.84. The minimum atomic E-state index is -4.45. The molecule has 0 unspecified atom stereocenters. The van der Waals surface area contributed by atoms with E-state index in [1.54, 1.807) is 24.3 Å².